The van der Waals surface area contributed by atoms with Crippen molar-refractivity contribution in [3.05, 3.63) is 240 Å². The highest BCUT2D eigenvalue weighted by atomic mass is 14.9. The van der Waals surface area contributed by atoms with Crippen LogP contribution in [0.1, 0.15) is 47.2 Å². The van der Waals surface area contributed by atoms with Gasteiger partial charge in [-0.2, -0.15) is 0 Å². The van der Waals surface area contributed by atoms with E-state index in [0.29, 0.717) is 5.82 Å². The van der Waals surface area contributed by atoms with E-state index >= 15 is 0 Å². The fourth-order valence-electron chi connectivity index (χ4n) is 10.6. The summed E-state index contributed by atoms with van der Waals surface area (Å²) in [6.45, 7) is 4.75. The molecule has 1 heterocycles. The lowest BCUT2D eigenvalue weighted by Crippen LogP contribution is -2.40. The predicted octanol–water partition coefficient (Wildman–Crippen LogP) is 14.5. The fraction of sp³-hybridized carbons (Fsp3) is 0.0690. The maximum atomic E-state index is 5.38. The van der Waals surface area contributed by atoms with E-state index < -0.39 is 5.41 Å². The summed E-state index contributed by atoms with van der Waals surface area (Å²) in [5, 5.41) is 4.93. The molecule has 1 spiro atoms. The summed E-state index contributed by atoms with van der Waals surface area (Å²) in [5.74, 6) is 0.704. The van der Waals surface area contributed by atoms with E-state index in [4.69, 9.17) is 9.97 Å². The van der Waals surface area contributed by atoms with Crippen molar-refractivity contribution in [2.24, 2.45) is 0 Å². The summed E-state index contributed by atoms with van der Waals surface area (Å²) < 4.78 is 0. The molecule has 1 aromatic heterocycles. The highest BCUT2D eigenvalue weighted by molar-refractivity contribution is 6.08. The number of benzene rings is 9. The van der Waals surface area contributed by atoms with E-state index in [1.165, 1.54) is 66.1 Å². The summed E-state index contributed by atoms with van der Waals surface area (Å²) in [5.41, 5.74) is 17.3. The molecule has 60 heavy (non-hydrogen) atoms. The van der Waals surface area contributed by atoms with Crippen LogP contribution in [-0.4, -0.2) is 9.97 Å². The summed E-state index contributed by atoms with van der Waals surface area (Å²) in [7, 11) is 0. The van der Waals surface area contributed by atoms with Gasteiger partial charge < -0.3 is 0 Å². The first-order valence-corrected chi connectivity index (χ1v) is 20.9. The van der Waals surface area contributed by atoms with Gasteiger partial charge >= 0.3 is 0 Å². The molecule has 0 amide bonds. The highest BCUT2D eigenvalue weighted by Gasteiger charge is 2.53. The van der Waals surface area contributed by atoms with Crippen molar-refractivity contribution in [2.75, 3.05) is 0 Å². The van der Waals surface area contributed by atoms with Gasteiger partial charge in [-0.25, -0.2) is 9.97 Å². The summed E-state index contributed by atoms with van der Waals surface area (Å²) in [6.07, 6.45) is 0. The molecule has 2 heteroatoms. The van der Waals surface area contributed by atoms with Gasteiger partial charge in [0.2, 0.25) is 0 Å². The van der Waals surface area contributed by atoms with Crippen molar-refractivity contribution in [1.29, 1.82) is 0 Å². The van der Waals surface area contributed by atoms with Gasteiger partial charge in [0, 0.05) is 22.1 Å². The molecule has 282 valence electrons. The van der Waals surface area contributed by atoms with Gasteiger partial charge in [-0.3, -0.25) is 0 Å². The quantitative estimate of drug-likeness (QED) is 0.167. The Morgan fingerprint density at radius 2 is 0.850 bits per heavy atom. The molecule has 0 atom stereocenters. The van der Waals surface area contributed by atoms with Gasteiger partial charge in [-0.1, -0.05) is 202 Å². The van der Waals surface area contributed by atoms with Crippen molar-refractivity contribution in [2.45, 2.75) is 24.7 Å². The molecular weight excluding hydrogens is 725 g/mol. The molecule has 2 aliphatic rings. The van der Waals surface area contributed by atoms with E-state index in [-0.39, 0.29) is 5.41 Å². The van der Waals surface area contributed by atoms with Crippen LogP contribution >= 0.6 is 0 Å². The van der Waals surface area contributed by atoms with Crippen LogP contribution in [0.4, 0.5) is 0 Å². The summed E-state index contributed by atoms with van der Waals surface area (Å²) in [6, 6.07) is 75.4. The zero-order chi connectivity index (χ0) is 40.0. The average Bonchev–Trinajstić information content (AvgIpc) is 3.61. The second kappa shape index (κ2) is 13.0. The van der Waals surface area contributed by atoms with E-state index in [1.807, 2.05) is 0 Å². The first kappa shape index (κ1) is 34.6. The van der Waals surface area contributed by atoms with Crippen LogP contribution in [0.2, 0.25) is 0 Å². The summed E-state index contributed by atoms with van der Waals surface area (Å²) >= 11 is 0. The minimum absolute atomic E-state index is 0.136. The molecule has 10 aromatic rings. The molecule has 0 fully saturated rings. The topological polar surface area (TPSA) is 25.8 Å². The maximum absolute atomic E-state index is 5.38. The van der Waals surface area contributed by atoms with Crippen molar-refractivity contribution in [1.82, 2.24) is 9.97 Å². The van der Waals surface area contributed by atoms with Crippen LogP contribution in [0.5, 0.6) is 0 Å². The third-order valence-corrected chi connectivity index (χ3v) is 13.4. The fourth-order valence-corrected chi connectivity index (χ4v) is 10.6. The van der Waals surface area contributed by atoms with Crippen molar-refractivity contribution >= 4 is 21.5 Å². The Bertz CT molecular complexity index is 3310. The lowest BCUT2D eigenvalue weighted by Gasteiger charge is -2.46. The molecule has 12 rings (SSSR count). The molecule has 9 aromatic carbocycles. The number of fused-ring (bicyclic) bond motifs is 12. The van der Waals surface area contributed by atoms with E-state index in [2.05, 4.69) is 220 Å². The largest absolute Gasteiger partial charge is 0.228 e. The van der Waals surface area contributed by atoms with Crippen molar-refractivity contribution in [3.8, 4) is 56.2 Å². The third kappa shape index (κ3) is 4.94. The van der Waals surface area contributed by atoms with Gasteiger partial charge in [0.05, 0.1) is 16.8 Å². The Morgan fingerprint density at radius 1 is 0.317 bits per heavy atom. The molecule has 0 saturated heterocycles. The number of hydrogen-bond donors (Lipinski definition) is 0. The van der Waals surface area contributed by atoms with Gasteiger partial charge in [-0.15, -0.1) is 0 Å². The molecule has 0 unspecified atom stereocenters. The van der Waals surface area contributed by atoms with Gasteiger partial charge in [0.15, 0.2) is 5.82 Å². The minimum atomic E-state index is -0.430. The monoisotopic (exact) mass is 764 g/mol. The number of aromatic nitrogens is 2. The highest BCUT2D eigenvalue weighted by Crippen LogP contribution is 2.62. The van der Waals surface area contributed by atoms with Crippen molar-refractivity contribution in [3.63, 3.8) is 0 Å². The predicted molar refractivity (Wildman–Crippen MR) is 248 cm³/mol. The van der Waals surface area contributed by atoms with Crippen LogP contribution in [-0.2, 0) is 10.8 Å². The number of hydrogen-bond acceptors (Lipinski definition) is 2. The zero-order valence-corrected chi connectivity index (χ0v) is 33.5. The molecule has 0 bridgehead atoms. The maximum Gasteiger partial charge on any atom is 0.161 e. The van der Waals surface area contributed by atoms with Gasteiger partial charge in [-0.05, 0) is 95.4 Å². The first-order chi connectivity index (χ1) is 29.5. The smallest absolute Gasteiger partial charge is 0.161 e. The Labute approximate surface area is 350 Å². The van der Waals surface area contributed by atoms with E-state index in [0.717, 1.165) is 39.2 Å². The first-order valence-electron chi connectivity index (χ1n) is 20.9. The average molecular weight is 765 g/mol. The lowest BCUT2D eigenvalue weighted by molar-refractivity contribution is 0.563. The third-order valence-electron chi connectivity index (χ3n) is 13.4. The van der Waals surface area contributed by atoms with Crippen LogP contribution in [0.15, 0.2) is 206 Å². The minimum Gasteiger partial charge on any atom is -0.228 e. The van der Waals surface area contributed by atoms with Gasteiger partial charge in [0.1, 0.15) is 0 Å². The Hall–Kier alpha value is -7.42. The number of nitrogens with zero attached hydrogens (tertiary/aromatic N) is 2. The SMILES string of the molecule is CC1(C)c2ccccc2C2(c3ccccc3-c3cc(-c4ccccc4-c4nc(-c5ccccc5)cc(-c5ccc6c(ccc7ccccc76)c5)n4)ccc32)c2ccccc21. The van der Waals surface area contributed by atoms with Crippen LogP contribution in [0.25, 0.3) is 77.7 Å². The lowest BCUT2D eigenvalue weighted by atomic mass is 9.55. The molecular formula is C58H40N2. The Morgan fingerprint density at radius 3 is 1.60 bits per heavy atom. The Balaban J connectivity index is 1.05. The number of rotatable bonds is 4. The van der Waals surface area contributed by atoms with E-state index in [1.54, 1.807) is 0 Å². The standard InChI is InChI=1S/C58H40N2/c1-57(2)50-24-12-14-26-52(50)58(53-27-15-13-25-51(53)57)48-23-11-10-21-45(48)47-35-40(31-33-49(47)58)43-20-8-9-22-46(43)56-59-54(38-17-4-3-5-18-38)36-55(60-56)41-30-32-44-39(34-41)29-28-37-16-6-7-19-42(37)44/h3-36H,1-2H3. The molecule has 0 N–H and O–H groups in total. The molecule has 0 aliphatic heterocycles. The normalized spacial score (nSPS) is 14.1. The van der Waals surface area contributed by atoms with Crippen LogP contribution < -0.4 is 0 Å². The Kier molecular flexibility index (Phi) is 7.52. The zero-order valence-electron chi connectivity index (χ0n) is 33.5. The van der Waals surface area contributed by atoms with Gasteiger partial charge in [0.25, 0.3) is 0 Å². The van der Waals surface area contributed by atoms with Crippen LogP contribution in [0, 0.1) is 0 Å². The van der Waals surface area contributed by atoms with E-state index in [9.17, 15) is 0 Å². The molecule has 2 aliphatic carbocycles. The molecule has 0 radical (unpaired) electrons. The molecule has 2 nitrogen and oxygen atoms in total. The van der Waals surface area contributed by atoms with Crippen molar-refractivity contribution < 1.29 is 0 Å². The second-order valence-electron chi connectivity index (χ2n) is 16.9. The van der Waals surface area contributed by atoms with Crippen LogP contribution in [0.3, 0.4) is 0 Å². The molecule has 0 saturated carbocycles. The second-order valence-corrected chi connectivity index (χ2v) is 16.9. The summed E-state index contributed by atoms with van der Waals surface area (Å²) in [4.78, 5) is 10.7.